The van der Waals surface area contributed by atoms with Crippen LogP contribution in [0.2, 0.25) is 0 Å². The molecule has 2 heterocycles. The van der Waals surface area contributed by atoms with Gasteiger partial charge in [-0.25, -0.2) is 9.37 Å². The summed E-state index contributed by atoms with van der Waals surface area (Å²) in [4.78, 5) is 23.3. The van der Waals surface area contributed by atoms with Crippen molar-refractivity contribution in [2.75, 3.05) is 4.90 Å². The lowest BCUT2D eigenvalue weighted by Gasteiger charge is -2.20. The van der Waals surface area contributed by atoms with Gasteiger partial charge in [0.05, 0.1) is 16.8 Å². The highest BCUT2D eigenvalue weighted by Crippen LogP contribution is 2.31. The van der Waals surface area contributed by atoms with Crippen LogP contribution in [0.1, 0.15) is 15.9 Å². The molecule has 0 atom stereocenters. The van der Waals surface area contributed by atoms with Crippen molar-refractivity contribution in [3.63, 3.8) is 0 Å². The van der Waals surface area contributed by atoms with E-state index < -0.39 is 0 Å². The fourth-order valence-corrected chi connectivity index (χ4v) is 3.62. The molecule has 0 bridgehead atoms. The number of carbonyl (C=O) groups is 1. The number of rotatable bonds is 4. The predicted octanol–water partition coefficient (Wildman–Crippen LogP) is 4.68. The van der Waals surface area contributed by atoms with E-state index in [4.69, 9.17) is 0 Å². The van der Waals surface area contributed by atoms with Crippen LogP contribution in [-0.2, 0) is 6.54 Å². The molecule has 0 spiro atoms. The van der Waals surface area contributed by atoms with Gasteiger partial charge in [-0.15, -0.1) is 0 Å². The number of benzene rings is 2. The van der Waals surface area contributed by atoms with Crippen molar-refractivity contribution in [2.45, 2.75) is 6.54 Å². The summed E-state index contributed by atoms with van der Waals surface area (Å²) >= 11 is 1.30. The Morgan fingerprint density at radius 3 is 2.58 bits per heavy atom. The highest BCUT2D eigenvalue weighted by molar-refractivity contribution is 7.22. The maximum atomic E-state index is 13.5. The molecule has 0 N–H and O–H groups in total. The Labute approximate surface area is 153 Å². The average Bonchev–Trinajstić information content (AvgIpc) is 3.10. The molecule has 0 fully saturated rings. The van der Waals surface area contributed by atoms with E-state index in [0.717, 1.165) is 5.56 Å². The van der Waals surface area contributed by atoms with Crippen molar-refractivity contribution in [3.05, 3.63) is 90.0 Å². The van der Waals surface area contributed by atoms with E-state index in [1.807, 2.05) is 30.3 Å². The van der Waals surface area contributed by atoms with E-state index in [1.54, 1.807) is 35.5 Å². The van der Waals surface area contributed by atoms with Crippen LogP contribution >= 0.6 is 11.3 Å². The molecular formula is C20H14FN3OS. The Hall–Kier alpha value is -3.12. The average molecular weight is 363 g/mol. The number of amides is 1. The Morgan fingerprint density at radius 1 is 1.04 bits per heavy atom. The first kappa shape index (κ1) is 16.4. The Balaban J connectivity index is 1.77. The molecule has 0 aliphatic carbocycles. The minimum atomic E-state index is -0.317. The van der Waals surface area contributed by atoms with Crippen LogP contribution in [0.5, 0.6) is 0 Å². The first-order valence-electron chi connectivity index (χ1n) is 8.02. The highest BCUT2D eigenvalue weighted by Gasteiger charge is 2.21. The Bertz CT molecular complexity index is 1050. The topological polar surface area (TPSA) is 46.1 Å². The van der Waals surface area contributed by atoms with Crippen molar-refractivity contribution < 1.29 is 9.18 Å². The normalized spacial score (nSPS) is 10.8. The van der Waals surface area contributed by atoms with Gasteiger partial charge in [-0.3, -0.25) is 14.7 Å². The number of anilines is 1. The van der Waals surface area contributed by atoms with Crippen molar-refractivity contribution in [1.29, 1.82) is 0 Å². The fourth-order valence-electron chi connectivity index (χ4n) is 2.64. The van der Waals surface area contributed by atoms with Gasteiger partial charge in [0.1, 0.15) is 5.82 Å². The molecular weight excluding hydrogens is 349 g/mol. The molecule has 0 saturated heterocycles. The fraction of sp³-hybridized carbons (Fsp3) is 0.0500. The lowest BCUT2D eigenvalue weighted by Crippen LogP contribution is -2.30. The first-order chi connectivity index (χ1) is 12.7. The van der Waals surface area contributed by atoms with Crippen molar-refractivity contribution in [1.82, 2.24) is 9.97 Å². The zero-order valence-corrected chi connectivity index (χ0v) is 14.5. The second-order valence-corrected chi connectivity index (χ2v) is 6.73. The van der Waals surface area contributed by atoms with E-state index in [-0.39, 0.29) is 11.7 Å². The van der Waals surface area contributed by atoms with Crippen molar-refractivity contribution >= 4 is 32.6 Å². The second kappa shape index (κ2) is 7.01. The summed E-state index contributed by atoms with van der Waals surface area (Å²) in [7, 11) is 0. The SMILES string of the molecule is O=C(c1ccccc1)N(Cc1ccncc1)c1nc2ccc(F)cc2s1. The van der Waals surface area contributed by atoms with Crippen LogP contribution < -0.4 is 4.90 Å². The van der Waals surface area contributed by atoms with Gasteiger partial charge in [-0.2, -0.15) is 0 Å². The monoisotopic (exact) mass is 363 g/mol. The first-order valence-corrected chi connectivity index (χ1v) is 8.84. The summed E-state index contributed by atoms with van der Waals surface area (Å²) in [6.07, 6.45) is 3.38. The van der Waals surface area contributed by atoms with E-state index in [0.29, 0.717) is 27.5 Å². The Kier molecular flexibility index (Phi) is 4.41. The molecule has 4 nitrogen and oxygen atoms in total. The number of carbonyl (C=O) groups excluding carboxylic acids is 1. The zero-order valence-electron chi connectivity index (χ0n) is 13.7. The van der Waals surface area contributed by atoms with Crippen LogP contribution in [0.3, 0.4) is 0 Å². The van der Waals surface area contributed by atoms with Gasteiger partial charge < -0.3 is 0 Å². The summed E-state index contributed by atoms with van der Waals surface area (Å²) in [6.45, 7) is 0.360. The number of hydrogen-bond donors (Lipinski definition) is 0. The molecule has 2 aromatic heterocycles. The lowest BCUT2D eigenvalue weighted by atomic mass is 10.2. The maximum absolute atomic E-state index is 13.5. The van der Waals surface area contributed by atoms with E-state index >= 15 is 0 Å². The number of halogens is 1. The summed E-state index contributed by atoms with van der Waals surface area (Å²) < 4.78 is 14.2. The predicted molar refractivity (Wildman–Crippen MR) is 101 cm³/mol. The Morgan fingerprint density at radius 2 is 1.81 bits per heavy atom. The van der Waals surface area contributed by atoms with E-state index in [9.17, 15) is 9.18 Å². The summed E-state index contributed by atoms with van der Waals surface area (Å²) in [5.41, 5.74) is 2.19. The van der Waals surface area contributed by atoms with Gasteiger partial charge in [-0.1, -0.05) is 29.5 Å². The molecule has 4 aromatic rings. The minimum Gasteiger partial charge on any atom is -0.279 e. The molecule has 0 aliphatic rings. The molecule has 4 rings (SSSR count). The van der Waals surface area contributed by atoms with Crippen molar-refractivity contribution in [2.24, 2.45) is 0 Å². The third-order valence-corrected chi connectivity index (χ3v) is 4.97. The molecule has 0 saturated carbocycles. The van der Waals surface area contributed by atoms with Crippen LogP contribution in [0.25, 0.3) is 10.2 Å². The highest BCUT2D eigenvalue weighted by atomic mass is 32.1. The van der Waals surface area contributed by atoms with E-state index in [2.05, 4.69) is 9.97 Å². The lowest BCUT2D eigenvalue weighted by molar-refractivity contribution is 0.0985. The van der Waals surface area contributed by atoms with Gasteiger partial charge >= 0.3 is 0 Å². The molecule has 26 heavy (non-hydrogen) atoms. The van der Waals surface area contributed by atoms with Gasteiger partial charge in [0, 0.05) is 18.0 Å². The third kappa shape index (κ3) is 3.32. The maximum Gasteiger partial charge on any atom is 0.260 e. The van der Waals surface area contributed by atoms with Gasteiger partial charge in [-0.05, 0) is 48.0 Å². The summed E-state index contributed by atoms with van der Waals surface area (Å²) in [6, 6.07) is 17.2. The van der Waals surface area contributed by atoms with Crippen LogP contribution in [-0.4, -0.2) is 15.9 Å². The van der Waals surface area contributed by atoms with Gasteiger partial charge in [0.15, 0.2) is 5.13 Å². The quantitative estimate of drug-likeness (QED) is 0.529. The van der Waals surface area contributed by atoms with Gasteiger partial charge in [0.25, 0.3) is 5.91 Å². The molecule has 128 valence electrons. The zero-order chi connectivity index (χ0) is 17.9. The molecule has 1 amide bonds. The number of pyridine rings is 1. The summed E-state index contributed by atoms with van der Waals surface area (Å²) in [5, 5.41) is 0.538. The number of aromatic nitrogens is 2. The number of hydrogen-bond acceptors (Lipinski definition) is 4. The third-order valence-electron chi connectivity index (χ3n) is 3.93. The number of thiazole rings is 1. The molecule has 0 unspecified atom stereocenters. The standard InChI is InChI=1S/C20H14FN3OS/c21-16-6-7-17-18(12-16)26-20(23-17)24(13-14-8-10-22-11-9-14)19(25)15-4-2-1-3-5-15/h1-12H,13H2. The minimum absolute atomic E-state index is 0.151. The van der Waals surface area contributed by atoms with Crippen LogP contribution in [0, 0.1) is 5.82 Å². The van der Waals surface area contributed by atoms with E-state index in [1.165, 1.54) is 23.5 Å². The van der Waals surface area contributed by atoms with Gasteiger partial charge in [0.2, 0.25) is 0 Å². The molecule has 0 aliphatic heterocycles. The number of fused-ring (bicyclic) bond motifs is 1. The van der Waals surface area contributed by atoms with Crippen LogP contribution in [0.4, 0.5) is 9.52 Å². The second-order valence-electron chi connectivity index (χ2n) is 5.72. The summed E-state index contributed by atoms with van der Waals surface area (Å²) in [5.74, 6) is -0.468. The molecule has 0 radical (unpaired) electrons. The largest absolute Gasteiger partial charge is 0.279 e. The number of nitrogens with zero attached hydrogens (tertiary/aromatic N) is 3. The smallest absolute Gasteiger partial charge is 0.260 e. The molecule has 6 heteroatoms. The van der Waals surface area contributed by atoms with Crippen molar-refractivity contribution in [3.8, 4) is 0 Å². The molecule has 2 aromatic carbocycles. The van der Waals surface area contributed by atoms with Crippen LogP contribution in [0.15, 0.2) is 73.1 Å².